The Hall–Kier alpha value is -2.32. The van der Waals surface area contributed by atoms with Gasteiger partial charge in [-0.15, -0.1) is 0 Å². The van der Waals surface area contributed by atoms with E-state index in [9.17, 15) is 9.59 Å². The van der Waals surface area contributed by atoms with Gasteiger partial charge in [-0.1, -0.05) is 48.5 Å². The van der Waals surface area contributed by atoms with Crippen LogP contribution in [0.25, 0.3) is 11.0 Å². The van der Waals surface area contributed by atoms with E-state index in [0.29, 0.717) is 33.5 Å². The summed E-state index contributed by atoms with van der Waals surface area (Å²) in [4.78, 5) is 30.4. The highest BCUT2D eigenvalue weighted by atomic mass is 35.5. The number of nitrogens with one attached hydrogen (secondary N) is 1. The molecule has 0 saturated heterocycles. The van der Waals surface area contributed by atoms with Gasteiger partial charge in [0.1, 0.15) is 5.52 Å². The Balaban J connectivity index is 2.05. The number of fused-ring (bicyclic) bond motifs is 1. The molecular formula is C21H26ClN5O2S. The van der Waals surface area contributed by atoms with Crippen LogP contribution in [0.3, 0.4) is 0 Å². The fourth-order valence-electron chi connectivity index (χ4n) is 3.11. The number of nitrogens with zero attached hydrogens (tertiary/aromatic N) is 4. The van der Waals surface area contributed by atoms with Crippen LogP contribution in [0.2, 0.25) is 5.02 Å². The number of rotatable bonds is 8. The average Bonchev–Trinajstić information content (AvgIpc) is 3.05. The maximum atomic E-state index is 13.4. The molecule has 0 aliphatic rings. The van der Waals surface area contributed by atoms with E-state index in [1.165, 1.54) is 11.8 Å². The minimum atomic E-state index is -0.188. The fourth-order valence-corrected chi connectivity index (χ4v) is 4.11. The molecular weight excluding hydrogens is 422 g/mol. The van der Waals surface area contributed by atoms with Crippen LogP contribution >= 0.6 is 23.4 Å². The van der Waals surface area contributed by atoms with Gasteiger partial charge in [0.05, 0.1) is 18.0 Å². The molecule has 1 amide bonds. The lowest BCUT2D eigenvalue weighted by Crippen LogP contribution is -2.33. The van der Waals surface area contributed by atoms with Crippen LogP contribution in [0.1, 0.15) is 38.4 Å². The fraction of sp³-hybridized carbons (Fsp3) is 0.429. The van der Waals surface area contributed by atoms with Gasteiger partial charge in [-0.3, -0.25) is 18.8 Å². The van der Waals surface area contributed by atoms with Crippen LogP contribution in [-0.4, -0.2) is 37.0 Å². The van der Waals surface area contributed by atoms with Gasteiger partial charge >= 0.3 is 0 Å². The lowest BCUT2D eigenvalue weighted by molar-refractivity contribution is -0.119. The van der Waals surface area contributed by atoms with Crippen molar-refractivity contribution in [3.05, 3.63) is 50.9 Å². The Morgan fingerprint density at radius 1 is 1.30 bits per heavy atom. The van der Waals surface area contributed by atoms with Crippen LogP contribution in [0, 0.1) is 6.92 Å². The van der Waals surface area contributed by atoms with Gasteiger partial charge in [-0.05, 0) is 38.8 Å². The Labute approximate surface area is 184 Å². The van der Waals surface area contributed by atoms with Gasteiger partial charge in [0.2, 0.25) is 5.91 Å². The highest BCUT2D eigenvalue weighted by Crippen LogP contribution is 2.23. The zero-order valence-electron chi connectivity index (χ0n) is 17.6. The average molecular weight is 448 g/mol. The Kier molecular flexibility index (Phi) is 7.20. The number of aromatic nitrogens is 4. The zero-order chi connectivity index (χ0) is 21.8. The van der Waals surface area contributed by atoms with Gasteiger partial charge in [-0.2, -0.15) is 5.10 Å². The molecule has 1 N–H and O–H groups in total. The number of hydrogen-bond donors (Lipinski definition) is 1. The molecule has 0 unspecified atom stereocenters. The smallest absolute Gasteiger partial charge is 0.280 e. The van der Waals surface area contributed by atoms with E-state index in [1.54, 1.807) is 15.3 Å². The first-order valence-corrected chi connectivity index (χ1v) is 11.4. The maximum Gasteiger partial charge on any atom is 0.280 e. The molecule has 9 heteroatoms. The molecule has 2 heterocycles. The van der Waals surface area contributed by atoms with Crippen LogP contribution in [-0.2, 0) is 17.9 Å². The van der Waals surface area contributed by atoms with Crippen LogP contribution in [0.4, 0.5) is 0 Å². The molecule has 7 nitrogen and oxygen atoms in total. The second-order valence-electron chi connectivity index (χ2n) is 7.14. The van der Waals surface area contributed by atoms with Gasteiger partial charge in [0.25, 0.3) is 5.56 Å². The molecule has 3 aromatic rings. The van der Waals surface area contributed by atoms with E-state index in [2.05, 4.69) is 10.4 Å². The third-order valence-corrected chi connectivity index (χ3v) is 6.26. The van der Waals surface area contributed by atoms with E-state index < -0.39 is 0 Å². The molecule has 0 radical (unpaired) electrons. The van der Waals surface area contributed by atoms with E-state index in [0.717, 1.165) is 12.0 Å². The van der Waals surface area contributed by atoms with Crippen molar-refractivity contribution in [3.63, 3.8) is 0 Å². The van der Waals surface area contributed by atoms with Gasteiger partial charge in [0.15, 0.2) is 10.7 Å². The van der Waals surface area contributed by atoms with E-state index in [4.69, 9.17) is 16.6 Å². The summed E-state index contributed by atoms with van der Waals surface area (Å²) in [6.45, 7) is 8.59. The molecule has 160 valence electrons. The summed E-state index contributed by atoms with van der Waals surface area (Å²) >= 11 is 7.58. The second-order valence-corrected chi connectivity index (χ2v) is 8.49. The Bertz CT molecular complexity index is 1120. The number of thioether (sulfide) groups is 1. The van der Waals surface area contributed by atoms with Crippen molar-refractivity contribution < 1.29 is 4.79 Å². The second kappa shape index (κ2) is 9.66. The maximum absolute atomic E-state index is 13.4. The summed E-state index contributed by atoms with van der Waals surface area (Å²) in [6.07, 6.45) is 0.854. The lowest BCUT2D eigenvalue weighted by Gasteiger charge is -2.14. The zero-order valence-corrected chi connectivity index (χ0v) is 19.2. The normalized spacial score (nSPS) is 12.3. The predicted molar refractivity (Wildman–Crippen MR) is 121 cm³/mol. The molecule has 0 spiro atoms. The number of hydrogen-bond acceptors (Lipinski definition) is 5. The number of carbonyl (C=O) groups excluding carboxylic acids is 1. The van der Waals surface area contributed by atoms with Gasteiger partial charge in [-0.25, -0.2) is 4.98 Å². The van der Waals surface area contributed by atoms with Crippen LogP contribution in [0.15, 0.2) is 34.2 Å². The van der Waals surface area contributed by atoms with Crippen molar-refractivity contribution >= 4 is 40.3 Å². The van der Waals surface area contributed by atoms with Gasteiger partial charge < -0.3 is 5.32 Å². The Morgan fingerprint density at radius 3 is 2.70 bits per heavy atom. The largest absolute Gasteiger partial charge is 0.353 e. The third-order valence-electron chi connectivity index (χ3n) is 4.92. The first-order valence-electron chi connectivity index (χ1n) is 9.99. The van der Waals surface area contributed by atoms with Crippen molar-refractivity contribution in [3.8, 4) is 0 Å². The SMILES string of the molecule is CC[C@H](C)NC(=O)CSc1nc2c(C)nn(CC)c2c(=O)n1Cc1ccccc1Cl. The molecule has 3 rings (SSSR count). The number of amides is 1. The summed E-state index contributed by atoms with van der Waals surface area (Å²) in [5, 5.41) is 8.45. The van der Waals surface area contributed by atoms with Crippen LogP contribution < -0.4 is 10.9 Å². The summed E-state index contributed by atoms with van der Waals surface area (Å²) in [5.41, 5.74) is 2.36. The van der Waals surface area contributed by atoms with E-state index in [1.807, 2.05) is 45.9 Å². The molecule has 0 aliphatic heterocycles. The van der Waals surface area contributed by atoms with Crippen molar-refractivity contribution in [1.29, 1.82) is 0 Å². The van der Waals surface area contributed by atoms with Gasteiger partial charge in [0, 0.05) is 17.6 Å². The van der Waals surface area contributed by atoms with Crippen molar-refractivity contribution in [2.75, 3.05) is 5.75 Å². The number of halogens is 1. The summed E-state index contributed by atoms with van der Waals surface area (Å²) < 4.78 is 3.26. The minimum Gasteiger partial charge on any atom is -0.353 e. The molecule has 0 bridgehead atoms. The monoisotopic (exact) mass is 447 g/mol. The van der Waals surface area contributed by atoms with Crippen molar-refractivity contribution in [1.82, 2.24) is 24.6 Å². The van der Waals surface area contributed by atoms with E-state index in [-0.39, 0.29) is 29.8 Å². The van der Waals surface area contributed by atoms with Crippen molar-refractivity contribution in [2.45, 2.75) is 58.4 Å². The third kappa shape index (κ3) is 4.70. The molecule has 2 aromatic heterocycles. The molecule has 0 fully saturated rings. The first kappa shape index (κ1) is 22.4. The van der Waals surface area contributed by atoms with E-state index >= 15 is 0 Å². The van der Waals surface area contributed by atoms with Crippen LogP contribution in [0.5, 0.6) is 0 Å². The summed E-state index contributed by atoms with van der Waals surface area (Å²) in [7, 11) is 0. The first-order chi connectivity index (χ1) is 14.3. The van der Waals surface area contributed by atoms with Crippen molar-refractivity contribution in [2.24, 2.45) is 0 Å². The highest BCUT2D eigenvalue weighted by molar-refractivity contribution is 7.99. The lowest BCUT2D eigenvalue weighted by atomic mass is 10.2. The molecule has 0 saturated carbocycles. The highest BCUT2D eigenvalue weighted by Gasteiger charge is 2.20. The summed E-state index contributed by atoms with van der Waals surface area (Å²) in [6, 6.07) is 7.50. The quantitative estimate of drug-likeness (QED) is 0.421. The summed E-state index contributed by atoms with van der Waals surface area (Å²) in [5.74, 6) is 0.0835. The standard InChI is InChI=1S/C21H26ClN5O2S/c1-5-13(3)23-17(28)12-30-21-24-18-14(4)25-27(6-2)19(18)20(29)26(21)11-15-9-7-8-10-16(15)22/h7-10,13H,5-6,11-12H2,1-4H3,(H,23,28)/t13-/m0/s1. The molecule has 1 aromatic carbocycles. The topological polar surface area (TPSA) is 81.8 Å². The number of aryl methyl sites for hydroxylation is 2. The molecule has 1 atom stereocenters. The molecule has 30 heavy (non-hydrogen) atoms. The number of benzene rings is 1. The predicted octanol–water partition coefficient (Wildman–Crippen LogP) is 3.63. The Morgan fingerprint density at radius 2 is 2.03 bits per heavy atom. The minimum absolute atomic E-state index is 0.0889. The molecule has 0 aliphatic carbocycles. The number of carbonyl (C=O) groups is 1.